The van der Waals surface area contributed by atoms with Crippen molar-refractivity contribution in [1.82, 2.24) is 0 Å². The van der Waals surface area contributed by atoms with Crippen LogP contribution in [0.1, 0.15) is 51.4 Å². The number of hydrogen-bond acceptors (Lipinski definition) is 3. The molecule has 0 N–H and O–H groups in total. The van der Waals surface area contributed by atoms with Gasteiger partial charge < -0.3 is 31.5 Å². The minimum absolute atomic E-state index is 0.637. The van der Waals surface area contributed by atoms with Crippen molar-refractivity contribution >= 4 is 19.4 Å². The molecule has 9 heteroatoms. The molecule has 0 spiro atoms. The van der Waals surface area contributed by atoms with Crippen molar-refractivity contribution in [1.29, 1.82) is 0 Å². The SMILES string of the molecule is CCCCCOc1ccc(C=Cc2cc(-c3ccc(OCC)cc3)cc(-c3ccc(OCC)cc3)[o+]2)cc1.F[B-](F)(F)F. The normalized spacial score (nSPS) is 11.1. The molecule has 43 heavy (non-hydrogen) atoms. The maximum Gasteiger partial charge on any atom is 0.673 e. The Morgan fingerprint density at radius 1 is 0.605 bits per heavy atom. The monoisotopic (exact) mass is 596 g/mol. The van der Waals surface area contributed by atoms with Gasteiger partial charge in [-0.25, -0.2) is 4.42 Å². The average Bonchev–Trinajstić information content (AvgIpc) is 2.99. The third kappa shape index (κ3) is 12.2. The molecule has 4 rings (SSSR count). The smallest absolute Gasteiger partial charge is 0.494 e. The maximum atomic E-state index is 9.75. The third-order valence-corrected chi connectivity index (χ3v) is 6.10. The van der Waals surface area contributed by atoms with Crippen molar-refractivity contribution in [2.45, 2.75) is 40.0 Å². The van der Waals surface area contributed by atoms with E-state index in [0.717, 1.165) is 64.1 Å². The highest BCUT2D eigenvalue weighted by Crippen LogP contribution is 2.31. The van der Waals surface area contributed by atoms with Crippen LogP contribution in [0.15, 0.2) is 89.3 Å². The van der Waals surface area contributed by atoms with Crippen molar-refractivity contribution in [2.75, 3.05) is 19.8 Å². The Kier molecular flexibility index (Phi) is 13.1. The van der Waals surface area contributed by atoms with E-state index in [1.54, 1.807) is 0 Å². The molecule has 4 aromatic rings. The van der Waals surface area contributed by atoms with Gasteiger partial charge in [-0.3, -0.25) is 0 Å². The van der Waals surface area contributed by atoms with Crippen LogP contribution in [0.5, 0.6) is 17.2 Å². The van der Waals surface area contributed by atoms with Crippen LogP contribution in [-0.2, 0) is 0 Å². The van der Waals surface area contributed by atoms with Gasteiger partial charge in [-0.1, -0.05) is 44.0 Å². The standard InChI is InChI=1S/C34H37O4.BF4/c1-4-7-8-23-37-32-16-9-26(10-17-32)11-18-33-24-29(27-12-19-30(20-13-27)35-5-2)25-34(38-33)28-14-21-31(22-15-28)36-6-3;2-1(3,4)5/h9-22,24-25H,4-8,23H2,1-3H3;/q+1;-1. The van der Waals surface area contributed by atoms with Gasteiger partial charge in [0, 0.05) is 11.6 Å². The van der Waals surface area contributed by atoms with Crippen LogP contribution in [0.2, 0.25) is 0 Å². The van der Waals surface area contributed by atoms with Crippen molar-refractivity contribution in [2.24, 2.45) is 0 Å². The fourth-order valence-corrected chi connectivity index (χ4v) is 4.10. The molecule has 0 saturated carbocycles. The maximum absolute atomic E-state index is 9.75. The Labute approximate surface area is 251 Å². The lowest BCUT2D eigenvalue weighted by atomic mass is 10.0. The van der Waals surface area contributed by atoms with Gasteiger partial charge in [0.25, 0.3) is 0 Å². The molecule has 1 heterocycles. The number of unbranched alkanes of at least 4 members (excludes halogenated alkanes) is 2. The van der Waals surface area contributed by atoms with E-state index in [9.17, 15) is 17.3 Å². The molecule has 0 bridgehead atoms. The molecule has 0 saturated heterocycles. The largest absolute Gasteiger partial charge is 0.673 e. The van der Waals surface area contributed by atoms with Crippen LogP contribution in [0.3, 0.4) is 0 Å². The van der Waals surface area contributed by atoms with E-state index in [-0.39, 0.29) is 0 Å². The first-order valence-electron chi connectivity index (χ1n) is 14.4. The van der Waals surface area contributed by atoms with E-state index >= 15 is 0 Å². The lowest BCUT2D eigenvalue weighted by molar-refractivity contribution is 0.306. The second-order valence-corrected chi connectivity index (χ2v) is 9.48. The summed E-state index contributed by atoms with van der Waals surface area (Å²) in [6, 6.07) is 28.5. The summed E-state index contributed by atoms with van der Waals surface area (Å²) in [6.45, 7) is 8.21. The molecule has 0 unspecified atom stereocenters. The quantitative estimate of drug-likeness (QED) is 0.0666. The van der Waals surface area contributed by atoms with E-state index in [0.29, 0.717) is 13.2 Å². The highest BCUT2D eigenvalue weighted by atomic mass is 19.5. The van der Waals surface area contributed by atoms with Crippen LogP contribution >= 0.6 is 0 Å². The van der Waals surface area contributed by atoms with E-state index in [4.69, 9.17) is 18.6 Å². The zero-order valence-electron chi connectivity index (χ0n) is 24.7. The molecule has 3 aromatic carbocycles. The molecule has 0 aliphatic heterocycles. The van der Waals surface area contributed by atoms with Crippen LogP contribution in [0.25, 0.3) is 34.6 Å². The molecule has 0 fully saturated rings. The molecule has 228 valence electrons. The second-order valence-electron chi connectivity index (χ2n) is 9.48. The summed E-state index contributed by atoms with van der Waals surface area (Å²) in [6.07, 6.45) is 7.54. The Bertz CT molecular complexity index is 1330. The van der Waals surface area contributed by atoms with Gasteiger partial charge in [0.05, 0.1) is 37.5 Å². The molecular formula is C34H37BF4O4. The van der Waals surface area contributed by atoms with Gasteiger partial charge in [-0.05, 0) is 86.0 Å². The first-order chi connectivity index (χ1) is 20.7. The van der Waals surface area contributed by atoms with E-state index in [1.807, 2.05) is 68.5 Å². The molecule has 0 amide bonds. The zero-order chi connectivity index (χ0) is 31.1. The molecule has 1 aromatic heterocycles. The summed E-state index contributed by atoms with van der Waals surface area (Å²) < 4.78 is 62.4. The summed E-state index contributed by atoms with van der Waals surface area (Å²) in [4.78, 5) is 0. The Morgan fingerprint density at radius 3 is 1.65 bits per heavy atom. The fraction of sp³-hybridized carbons (Fsp3) is 0.265. The minimum atomic E-state index is -6.00. The Morgan fingerprint density at radius 2 is 1.12 bits per heavy atom. The highest BCUT2D eigenvalue weighted by Gasteiger charge is 2.20. The number of ether oxygens (including phenoxy) is 3. The van der Waals surface area contributed by atoms with E-state index in [1.165, 1.54) is 12.8 Å². The molecule has 0 radical (unpaired) electrons. The Balaban J connectivity index is 0.000000934. The summed E-state index contributed by atoms with van der Waals surface area (Å²) in [5, 5.41) is 0. The van der Waals surface area contributed by atoms with Gasteiger partial charge in [0.1, 0.15) is 17.2 Å². The van der Waals surface area contributed by atoms with E-state index < -0.39 is 7.25 Å². The molecule has 0 aliphatic carbocycles. The first kappa shape index (κ1) is 33.2. The van der Waals surface area contributed by atoms with Gasteiger partial charge in [0.15, 0.2) is 0 Å². The van der Waals surface area contributed by atoms with Gasteiger partial charge in [-0.15, -0.1) is 0 Å². The predicted octanol–water partition coefficient (Wildman–Crippen LogP) is 10.7. The van der Waals surface area contributed by atoms with Crippen molar-refractivity contribution in [3.63, 3.8) is 0 Å². The van der Waals surface area contributed by atoms with Crippen LogP contribution < -0.4 is 14.2 Å². The van der Waals surface area contributed by atoms with Crippen molar-refractivity contribution in [3.05, 3.63) is 96.3 Å². The number of rotatable bonds is 13. The van der Waals surface area contributed by atoms with Crippen molar-refractivity contribution < 1.29 is 35.9 Å². The number of hydrogen-bond donors (Lipinski definition) is 0. The Hall–Kier alpha value is -4.27. The summed E-state index contributed by atoms with van der Waals surface area (Å²) >= 11 is 0. The van der Waals surface area contributed by atoms with Gasteiger partial charge >= 0.3 is 18.8 Å². The topological polar surface area (TPSA) is 39.0 Å². The van der Waals surface area contributed by atoms with Gasteiger partial charge in [-0.2, -0.15) is 0 Å². The minimum Gasteiger partial charge on any atom is -0.494 e. The molecule has 0 aliphatic rings. The zero-order valence-corrected chi connectivity index (χ0v) is 24.7. The lowest BCUT2D eigenvalue weighted by Crippen LogP contribution is -2.02. The van der Waals surface area contributed by atoms with Crippen molar-refractivity contribution in [3.8, 4) is 39.7 Å². The van der Waals surface area contributed by atoms with Crippen LogP contribution in [0, 0.1) is 0 Å². The lowest BCUT2D eigenvalue weighted by Gasteiger charge is -2.06. The fourth-order valence-electron chi connectivity index (χ4n) is 4.10. The number of halogens is 4. The predicted molar refractivity (Wildman–Crippen MR) is 167 cm³/mol. The molecule has 0 atom stereocenters. The first-order valence-corrected chi connectivity index (χ1v) is 14.4. The highest BCUT2D eigenvalue weighted by molar-refractivity contribution is 6.50. The van der Waals surface area contributed by atoms with E-state index in [2.05, 4.69) is 49.4 Å². The average molecular weight is 596 g/mol. The summed E-state index contributed by atoms with van der Waals surface area (Å²) in [5.41, 5.74) is 4.23. The second kappa shape index (κ2) is 17.0. The summed E-state index contributed by atoms with van der Waals surface area (Å²) in [7, 11) is -6.00. The van der Waals surface area contributed by atoms with Crippen LogP contribution in [-0.4, -0.2) is 27.1 Å². The van der Waals surface area contributed by atoms with Gasteiger partial charge in [0.2, 0.25) is 0 Å². The van der Waals surface area contributed by atoms with Crippen LogP contribution in [0.4, 0.5) is 17.3 Å². The molecule has 4 nitrogen and oxygen atoms in total. The third-order valence-electron chi connectivity index (χ3n) is 6.10. The number of benzene rings is 3. The molecular weight excluding hydrogens is 559 g/mol. The summed E-state index contributed by atoms with van der Waals surface area (Å²) in [5.74, 6) is 4.16.